The Kier molecular flexibility index (Phi) is 15.9. The number of aromatic hydroxyl groups is 2. The minimum Gasteiger partial charge on any atom is -0.508 e. The maximum absolute atomic E-state index is 14.6. The van der Waals surface area contributed by atoms with Gasteiger partial charge in [-0.25, -0.2) is 19.1 Å². The molecule has 4 unspecified atom stereocenters. The molecule has 0 spiro atoms. The number of aryl methyl sites for hydroxylation is 1. The summed E-state index contributed by atoms with van der Waals surface area (Å²) in [6.45, 7) is 10.4. The van der Waals surface area contributed by atoms with Crippen molar-refractivity contribution >= 4 is 51.2 Å². The Balaban J connectivity index is 0.000000211. The molecular weight excluding hydrogens is 988 g/mol. The van der Waals surface area contributed by atoms with E-state index in [1.807, 2.05) is 32.1 Å². The molecule has 4 heterocycles. The van der Waals surface area contributed by atoms with E-state index in [1.54, 1.807) is 54.8 Å². The number of nitrogens with two attached hydrogens (primary N) is 1. The number of carbonyl (C=O) groups is 4. The second-order valence-electron chi connectivity index (χ2n) is 19.6. The van der Waals surface area contributed by atoms with Crippen LogP contribution in [0.1, 0.15) is 83.6 Å². The van der Waals surface area contributed by atoms with Crippen LogP contribution in [0, 0.1) is 18.7 Å². The van der Waals surface area contributed by atoms with E-state index in [-0.39, 0.29) is 62.5 Å². The SMILES string of the molecule is COC1C(OC(N)=O)C(O)C(Oc2ccc3c(O)c(NC(=O)c4ccc(O)c(CC=C(C)C)c4)c(=O)oc3c2C)OC1(C)C.O=C(c1cc(Cc2n[nH]c(=O)c3ccccc23)ccc1F)N1CCN(C(=O)C2CC2)CC1. The third kappa shape index (κ3) is 11.7. The van der Waals surface area contributed by atoms with Crippen molar-refractivity contribution < 1.29 is 62.3 Å². The van der Waals surface area contributed by atoms with Gasteiger partial charge >= 0.3 is 11.7 Å². The maximum Gasteiger partial charge on any atom is 0.404 e. The fraction of sp³-hybridized carbons (Fsp3) is 0.364. The number of carbonyl (C=O) groups excluding carboxylic acids is 4. The largest absolute Gasteiger partial charge is 0.508 e. The van der Waals surface area contributed by atoms with Crippen molar-refractivity contribution in [1.82, 2.24) is 20.0 Å². The molecule has 2 saturated heterocycles. The Morgan fingerprint density at radius 1 is 0.947 bits per heavy atom. The summed E-state index contributed by atoms with van der Waals surface area (Å²) in [7, 11) is 1.37. The molecule has 2 aromatic heterocycles. The van der Waals surface area contributed by atoms with Crippen molar-refractivity contribution in [3.05, 3.63) is 145 Å². The Morgan fingerprint density at radius 2 is 1.64 bits per heavy atom. The number of H-pyrrole nitrogens is 1. The van der Waals surface area contributed by atoms with Crippen LogP contribution in [0.2, 0.25) is 0 Å². The van der Waals surface area contributed by atoms with Crippen molar-refractivity contribution in [2.75, 3.05) is 38.6 Å². The van der Waals surface area contributed by atoms with Gasteiger partial charge in [0.05, 0.1) is 27.6 Å². The number of anilines is 1. The zero-order valence-corrected chi connectivity index (χ0v) is 42.7. The molecule has 400 valence electrons. The topological polar surface area (TPSA) is 286 Å². The Bertz CT molecular complexity index is 3380. The number of phenols is 1. The molecule has 9 rings (SSSR count). The number of primary amides is 1. The van der Waals surface area contributed by atoms with Gasteiger partial charge in [-0.1, -0.05) is 35.9 Å². The maximum atomic E-state index is 14.6. The van der Waals surface area contributed by atoms with E-state index in [2.05, 4.69) is 15.5 Å². The van der Waals surface area contributed by atoms with Crippen molar-refractivity contribution in [3.63, 3.8) is 0 Å². The van der Waals surface area contributed by atoms with Crippen LogP contribution in [0.3, 0.4) is 0 Å². The van der Waals surface area contributed by atoms with Gasteiger partial charge in [-0.2, -0.15) is 5.10 Å². The first kappa shape index (κ1) is 54.1. The van der Waals surface area contributed by atoms with Gasteiger partial charge in [0.25, 0.3) is 17.4 Å². The summed E-state index contributed by atoms with van der Waals surface area (Å²) in [5, 5.41) is 42.5. The third-order valence-corrected chi connectivity index (χ3v) is 13.5. The molecule has 21 heteroatoms. The molecule has 3 aliphatic rings. The minimum atomic E-state index is -1.52. The summed E-state index contributed by atoms with van der Waals surface area (Å²) in [4.78, 5) is 78.2. The number of amides is 4. The predicted molar refractivity (Wildman–Crippen MR) is 276 cm³/mol. The lowest BCUT2D eigenvalue weighted by molar-refractivity contribution is -0.304. The van der Waals surface area contributed by atoms with Gasteiger partial charge in [0.15, 0.2) is 23.6 Å². The first-order chi connectivity index (χ1) is 36.1. The molecule has 6 aromatic rings. The van der Waals surface area contributed by atoms with Crippen molar-refractivity contribution in [1.29, 1.82) is 0 Å². The first-order valence-electron chi connectivity index (χ1n) is 24.6. The lowest BCUT2D eigenvalue weighted by Gasteiger charge is -2.47. The van der Waals surface area contributed by atoms with Gasteiger partial charge in [-0.15, -0.1) is 0 Å². The molecule has 4 atom stereocenters. The number of nitrogens with one attached hydrogen (secondary N) is 2. The molecule has 1 aliphatic carbocycles. The number of aromatic nitrogens is 2. The number of hydrogen-bond donors (Lipinski definition) is 6. The number of aliphatic hydroxyl groups is 1. The molecular formula is C55H59FN6O14. The monoisotopic (exact) mass is 1050 g/mol. The summed E-state index contributed by atoms with van der Waals surface area (Å²) < 4.78 is 42.4. The van der Waals surface area contributed by atoms with E-state index in [9.17, 15) is 48.5 Å². The fourth-order valence-electron chi connectivity index (χ4n) is 9.30. The van der Waals surface area contributed by atoms with Crippen LogP contribution in [0.15, 0.2) is 98.5 Å². The molecule has 7 N–H and O–H groups in total. The van der Waals surface area contributed by atoms with Crippen LogP contribution in [0.25, 0.3) is 21.7 Å². The highest BCUT2D eigenvalue weighted by atomic mass is 19.1. The molecule has 0 radical (unpaired) electrons. The molecule has 20 nitrogen and oxygen atoms in total. The normalized spacial score (nSPS) is 19.1. The first-order valence-corrected chi connectivity index (χ1v) is 24.6. The van der Waals surface area contributed by atoms with E-state index in [1.165, 1.54) is 43.5 Å². The highest BCUT2D eigenvalue weighted by molar-refractivity contribution is 6.06. The Hall–Kier alpha value is -8.14. The summed E-state index contributed by atoms with van der Waals surface area (Å²) in [6, 6.07) is 18.8. The highest BCUT2D eigenvalue weighted by Crippen LogP contribution is 2.39. The number of piperazine rings is 1. The summed E-state index contributed by atoms with van der Waals surface area (Å²) in [5.74, 6) is -1.71. The number of fused-ring (bicyclic) bond motifs is 2. The number of rotatable bonds is 12. The van der Waals surface area contributed by atoms with E-state index in [4.69, 9.17) is 29.1 Å². The van der Waals surface area contributed by atoms with Gasteiger partial charge < -0.3 is 59.5 Å². The fourth-order valence-corrected chi connectivity index (χ4v) is 9.30. The van der Waals surface area contributed by atoms with Crippen LogP contribution >= 0.6 is 0 Å². The molecule has 4 aromatic carbocycles. The second-order valence-corrected chi connectivity index (χ2v) is 19.6. The predicted octanol–water partition coefficient (Wildman–Crippen LogP) is 5.97. The number of allylic oxidation sites excluding steroid dienone is 2. The highest BCUT2D eigenvalue weighted by Gasteiger charge is 2.53. The zero-order chi connectivity index (χ0) is 54.7. The molecule has 1 saturated carbocycles. The van der Waals surface area contributed by atoms with Gasteiger partial charge in [0.2, 0.25) is 12.2 Å². The lowest BCUT2D eigenvalue weighted by Crippen LogP contribution is -2.65. The van der Waals surface area contributed by atoms with E-state index in [0.29, 0.717) is 55.7 Å². The lowest BCUT2D eigenvalue weighted by atomic mass is 9.89. The van der Waals surface area contributed by atoms with Gasteiger partial charge in [0.1, 0.15) is 29.0 Å². The smallest absolute Gasteiger partial charge is 0.404 e. The minimum absolute atomic E-state index is 0.0122. The number of aliphatic hydroxyl groups excluding tert-OH is 1. The number of methoxy groups -OCH3 is 1. The standard InChI is InChI=1S/C31H36N2O11.C24H23FN4O3/c1-14(2)7-8-16-13-17(9-11-19(16)34)27(37)33-21-22(35)18-10-12-20(15(3)24(18)42-28(21)38)41-29-23(36)25(43-30(32)39)26(40-6)31(4,5)44-29;25-20-8-5-15(14-21-17-3-1-2-4-18(17)22(30)27-26-21)13-19(20)24(32)29-11-9-28(10-12-29)23(31)16-6-7-16/h7,9-13,23,25-26,29,34-36H,8H2,1-6H3,(H2,32,39)(H,33,37);1-5,8,13,16H,6-7,9-12,14H2,(H,27,30). The number of phenolic OH excluding ortho intramolecular Hbond substituents is 1. The van der Waals surface area contributed by atoms with Gasteiger partial charge in [-0.3, -0.25) is 19.2 Å². The summed E-state index contributed by atoms with van der Waals surface area (Å²) in [6.07, 6.45) is -1.55. The zero-order valence-electron chi connectivity index (χ0n) is 42.7. The van der Waals surface area contributed by atoms with E-state index >= 15 is 0 Å². The Labute approximate surface area is 434 Å². The van der Waals surface area contributed by atoms with Crippen molar-refractivity contribution in [2.24, 2.45) is 11.7 Å². The number of benzene rings is 4. The molecule has 0 bridgehead atoms. The van der Waals surface area contributed by atoms with Crippen LogP contribution in [-0.4, -0.2) is 123 Å². The number of aromatic amines is 1. The van der Waals surface area contributed by atoms with Crippen LogP contribution in [0.4, 0.5) is 14.9 Å². The quantitative estimate of drug-likeness (QED) is 0.0608. The number of ether oxygens (including phenoxy) is 4. The van der Waals surface area contributed by atoms with Crippen LogP contribution < -0.4 is 27.0 Å². The van der Waals surface area contributed by atoms with Crippen LogP contribution in [-0.2, 0) is 31.8 Å². The summed E-state index contributed by atoms with van der Waals surface area (Å²) in [5.41, 5.74) is 5.66. The van der Waals surface area contributed by atoms with E-state index in [0.717, 1.165) is 29.4 Å². The molecule has 2 aliphatic heterocycles. The average molecular weight is 1050 g/mol. The summed E-state index contributed by atoms with van der Waals surface area (Å²) >= 11 is 0. The van der Waals surface area contributed by atoms with Gasteiger partial charge in [0, 0.05) is 62.1 Å². The number of nitrogens with zero attached hydrogens (tertiary/aromatic N) is 3. The third-order valence-electron chi connectivity index (χ3n) is 13.5. The Morgan fingerprint density at radius 3 is 2.32 bits per heavy atom. The number of hydrogen-bond acceptors (Lipinski definition) is 15. The average Bonchev–Trinajstić information content (AvgIpc) is 4.26. The second kappa shape index (κ2) is 22.4. The van der Waals surface area contributed by atoms with Crippen molar-refractivity contribution in [3.8, 4) is 17.2 Å². The van der Waals surface area contributed by atoms with E-state index < -0.39 is 65.1 Å². The van der Waals surface area contributed by atoms with Crippen LogP contribution in [0.5, 0.6) is 17.2 Å². The number of halogens is 1. The molecule has 76 heavy (non-hydrogen) atoms. The van der Waals surface area contributed by atoms with Crippen molar-refractivity contribution in [2.45, 2.75) is 90.5 Å². The molecule has 3 fully saturated rings. The van der Waals surface area contributed by atoms with Gasteiger partial charge in [-0.05, 0) is 114 Å². The molecule has 4 amide bonds.